The number of aliphatic imine (C=N–C) groups is 1. The summed E-state index contributed by atoms with van der Waals surface area (Å²) >= 11 is 8.10. The number of hydrogen-bond acceptors (Lipinski definition) is 3. The smallest absolute Gasteiger partial charge is 0.179 e. The van der Waals surface area contributed by atoms with E-state index >= 15 is 0 Å². The Hall–Kier alpha value is -1.49. The van der Waals surface area contributed by atoms with E-state index in [0.717, 1.165) is 26.9 Å². The van der Waals surface area contributed by atoms with Crippen LogP contribution in [0.4, 0.5) is 0 Å². The zero-order valence-corrected chi connectivity index (χ0v) is 14.5. The van der Waals surface area contributed by atoms with Gasteiger partial charge >= 0.3 is 0 Å². The maximum Gasteiger partial charge on any atom is 0.179 e. The number of thioether (sulfide) groups is 1. The van der Waals surface area contributed by atoms with Crippen LogP contribution in [0.5, 0.6) is 0 Å². The summed E-state index contributed by atoms with van der Waals surface area (Å²) in [4.78, 5) is 6.22. The highest BCUT2D eigenvalue weighted by Gasteiger charge is 2.60. The van der Waals surface area contributed by atoms with Gasteiger partial charge in [0.05, 0.1) is 5.25 Å². The molecule has 3 unspecified atom stereocenters. The minimum absolute atomic E-state index is 0.0385. The number of aliphatic hydroxyl groups is 1. The Morgan fingerprint density at radius 2 is 1.78 bits per heavy atom. The van der Waals surface area contributed by atoms with Crippen molar-refractivity contribution >= 4 is 28.5 Å². The van der Waals surface area contributed by atoms with E-state index in [4.69, 9.17) is 11.6 Å². The third kappa shape index (κ3) is 1.92. The second kappa shape index (κ2) is 5.26. The van der Waals surface area contributed by atoms with Gasteiger partial charge in [-0.1, -0.05) is 65.8 Å². The molecule has 1 saturated heterocycles. The average Bonchev–Trinajstić information content (AvgIpc) is 2.97. The highest BCUT2D eigenvalue weighted by molar-refractivity contribution is 8.14. The lowest BCUT2D eigenvalue weighted by Crippen LogP contribution is -2.44. The maximum absolute atomic E-state index is 11.6. The van der Waals surface area contributed by atoms with Crippen molar-refractivity contribution in [2.45, 2.75) is 16.9 Å². The van der Waals surface area contributed by atoms with Crippen molar-refractivity contribution in [3.05, 3.63) is 70.2 Å². The molecular weight excluding hydrogens is 328 g/mol. The molecule has 1 N–H and O–H groups in total. The lowest BCUT2D eigenvalue weighted by Gasteiger charge is -2.32. The predicted molar refractivity (Wildman–Crippen MR) is 96.1 cm³/mol. The van der Waals surface area contributed by atoms with Crippen LogP contribution in [0.25, 0.3) is 0 Å². The van der Waals surface area contributed by atoms with E-state index in [1.807, 2.05) is 48.3 Å². The van der Waals surface area contributed by atoms with Gasteiger partial charge in [0.1, 0.15) is 0 Å². The molecule has 0 spiro atoms. The molecule has 0 radical (unpaired) electrons. The summed E-state index contributed by atoms with van der Waals surface area (Å²) in [6.45, 7) is 0. The standard InChI is InChI=1S/C18H17ClN2OS/c1-20-17-21(2)18(22)13-9-5-3-7-11(13)15(16(18)23-17)12-8-4-6-10-14(12)19/h3-10,15-16,22H,1-2H3/b20-17-. The summed E-state index contributed by atoms with van der Waals surface area (Å²) < 4.78 is 0. The van der Waals surface area contributed by atoms with Crippen LogP contribution in [-0.2, 0) is 5.72 Å². The van der Waals surface area contributed by atoms with Crippen LogP contribution in [0, 0.1) is 0 Å². The molecular formula is C18H17ClN2OS. The van der Waals surface area contributed by atoms with Gasteiger partial charge in [-0.15, -0.1) is 0 Å². The molecule has 3 nitrogen and oxygen atoms in total. The van der Waals surface area contributed by atoms with Crippen LogP contribution >= 0.6 is 23.4 Å². The van der Waals surface area contributed by atoms with Gasteiger partial charge < -0.3 is 10.0 Å². The van der Waals surface area contributed by atoms with Crippen molar-refractivity contribution in [3.63, 3.8) is 0 Å². The largest absolute Gasteiger partial charge is 0.366 e. The first-order valence-electron chi connectivity index (χ1n) is 7.52. The molecule has 1 heterocycles. The fourth-order valence-electron chi connectivity index (χ4n) is 3.77. The van der Waals surface area contributed by atoms with E-state index in [-0.39, 0.29) is 11.2 Å². The summed E-state index contributed by atoms with van der Waals surface area (Å²) in [5.74, 6) is 0.0385. The lowest BCUT2D eigenvalue weighted by atomic mass is 9.92. The van der Waals surface area contributed by atoms with Gasteiger partial charge in [-0.25, -0.2) is 0 Å². The van der Waals surface area contributed by atoms with Crippen LogP contribution in [0.3, 0.4) is 0 Å². The van der Waals surface area contributed by atoms with Crippen molar-refractivity contribution in [2.24, 2.45) is 4.99 Å². The molecule has 1 aliphatic heterocycles. The molecule has 2 aromatic rings. The fraction of sp³-hybridized carbons (Fsp3) is 0.278. The van der Waals surface area contributed by atoms with Gasteiger partial charge in [0.15, 0.2) is 10.9 Å². The van der Waals surface area contributed by atoms with Gasteiger partial charge in [0, 0.05) is 30.6 Å². The number of rotatable bonds is 1. The maximum atomic E-state index is 11.6. The minimum Gasteiger partial charge on any atom is -0.366 e. The summed E-state index contributed by atoms with van der Waals surface area (Å²) in [5, 5.41) is 13.1. The van der Waals surface area contributed by atoms with Gasteiger partial charge in [-0.05, 0) is 17.2 Å². The Balaban J connectivity index is 1.97. The molecule has 118 valence electrons. The molecule has 2 aliphatic rings. The summed E-state index contributed by atoms with van der Waals surface area (Å²) in [6.07, 6.45) is 0. The van der Waals surface area contributed by atoms with Crippen molar-refractivity contribution in [3.8, 4) is 0 Å². The van der Waals surface area contributed by atoms with E-state index in [2.05, 4.69) is 17.1 Å². The van der Waals surface area contributed by atoms with Gasteiger partial charge in [0.2, 0.25) is 0 Å². The first kappa shape index (κ1) is 15.1. The quantitative estimate of drug-likeness (QED) is 0.857. The second-order valence-electron chi connectivity index (χ2n) is 5.92. The molecule has 3 atom stereocenters. The van der Waals surface area contributed by atoms with Crippen LogP contribution in [-0.4, -0.2) is 34.5 Å². The predicted octanol–water partition coefficient (Wildman–Crippen LogP) is 3.66. The molecule has 0 amide bonds. The lowest BCUT2D eigenvalue weighted by molar-refractivity contribution is -0.0516. The number of benzene rings is 2. The molecule has 23 heavy (non-hydrogen) atoms. The molecule has 1 fully saturated rings. The normalized spacial score (nSPS) is 30.6. The Morgan fingerprint density at radius 3 is 2.48 bits per heavy atom. The van der Waals surface area contributed by atoms with E-state index in [1.54, 1.807) is 18.8 Å². The molecule has 4 rings (SSSR count). The third-order valence-electron chi connectivity index (χ3n) is 4.85. The topological polar surface area (TPSA) is 35.8 Å². The second-order valence-corrected chi connectivity index (χ2v) is 7.43. The average molecular weight is 345 g/mol. The summed E-state index contributed by atoms with van der Waals surface area (Å²) in [5.41, 5.74) is 2.09. The summed E-state index contributed by atoms with van der Waals surface area (Å²) in [7, 11) is 3.67. The molecule has 0 bridgehead atoms. The first-order valence-corrected chi connectivity index (χ1v) is 8.78. The van der Waals surface area contributed by atoms with Crippen molar-refractivity contribution in [1.29, 1.82) is 0 Å². The number of nitrogens with zero attached hydrogens (tertiary/aromatic N) is 2. The highest BCUT2D eigenvalue weighted by Crippen LogP contribution is 2.59. The number of fused-ring (bicyclic) bond motifs is 3. The molecule has 0 aromatic heterocycles. The molecule has 2 aromatic carbocycles. The third-order valence-corrected chi connectivity index (χ3v) is 6.72. The van der Waals surface area contributed by atoms with Crippen LogP contribution in [0.2, 0.25) is 5.02 Å². The molecule has 5 heteroatoms. The Labute approximate surface area is 145 Å². The Kier molecular flexibility index (Phi) is 3.45. The van der Waals surface area contributed by atoms with Gasteiger partial charge in [0.25, 0.3) is 0 Å². The van der Waals surface area contributed by atoms with E-state index in [0.29, 0.717) is 0 Å². The molecule has 1 aliphatic carbocycles. The van der Waals surface area contributed by atoms with Crippen molar-refractivity contribution < 1.29 is 5.11 Å². The van der Waals surface area contributed by atoms with Crippen LogP contribution in [0.1, 0.15) is 22.6 Å². The van der Waals surface area contributed by atoms with E-state index < -0.39 is 5.72 Å². The number of amidine groups is 1. The van der Waals surface area contributed by atoms with E-state index in [1.165, 1.54) is 0 Å². The van der Waals surface area contributed by atoms with Crippen molar-refractivity contribution in [1.82, 2.24) is 4.90 Å². The van der Waals surface area contributed by atoms with Crippen LogP contribution in [0.15, 0.2) is 53.5 Å². The zero-order chi connectivity index (χ0) is 16.2. The minimum atomic E-state index is -1.06. The van der Waals surface area contributed by atoms with E-state index in [9.17, 15) is 5.11 Å². The van der Waals surface area contributed by atoms with Crippen LogP contribution < -0.4 is 0 Å². The Bertz CT molecular complexity index is 809. The SMILES string of the molecule is C/N=C1\SC2C(c3ccccc3Cl)c3ccccc3C2(O)N1C. The Morgan fingerprint density at radius 1 is 1.13 bits per heavy atom. The summed E-state index contributed by atoms with van der Waals surface area (Å²) in [6, 6.07) is 16.0. The highest BCUT2D eigenvalue weighted by atomic mass is 35.5. The first-order chi connectivity index (χ1) is 11.1. The fourth-order valence-corrected chi connectivity index (χ4v) is 5.53. The molecule has 0 saturated carbocycles. The monoisotopic (exact) mass is 344 g/mol. The zero-order valence-electron chi connectivity index (χ0n) is 12.9. The number of hydrogen-bond donors (Lipinski definition) is 1. The number of halogens is 1. The van der Waals surface area contributed by atoms with Gasteiger partial charge in [-0.2, -0.15) is 0 Å². The van der Waals surface area contributed by atoms with Gasteiger partial charge in [-0.3, -0.25) is 4.99 Å². The van der Waals surface area contributed by atoms with Crippen molar-refractivity contribution in [2.75, 3.05) is 14.1 Å².